The molecule has 1 saturated heterocycles. The van der Waals surface area contributed by atoms with Crippen LogP contribution in [-0.4, -0.2) is 67.9 Å². The van der Waals surface area contributed by atoms with E-state index < -0.39 is 29.6 Å². The van der Waals surface area contributed by atoms with Crippen molar-refractivity contribution in [2.75, 3.05) is 54.2 Å². The van der Waals surface area contributed by atoms with Gasteiger partial charge in [-0.2, -0.15) is 13.2 Å². The summed E-state index contributed by atoms with van der Waals surface area (Å²) in [7, 11) is 5.42. The first kappa shape index (κ1) is 33.6. The van der Waals surface area contributed by atoms with Crippen molar-refractivity contribution >= 4 is 40.6 Å². The van der Waals surface area contributed by atoms with Gasteiger partial charge in [-0.25, -0.2) is 4.98 Å². The minimum absolute atomic E-state index is 0.0237. The van der Waals surface area contributed by atoms with Crippen LogP contribution in [0.15, 0.2) is 66.2 Å². The Morgan fingerprint density at radius 3 is 2.43 bits per heavy atom. The summed E-state index contributed by atoms with van der Waals surface area (Å²) in [5, 5.41) is 2.94. The Labute approximate surface area is 272 Å². The minimum Gasteiger partial charge on any atom is -0.365 e. The van der Waals surface area contributed by atoms with E-state index in [1.807, 2.05) is 75.3 Å². The molecule has 47 heavy (non-hydrogen) atoms. The quantitative estimate of drug-likeness (QED) is 0.337. The SMILES string of the molecule is C/C=C(\CN(C)C)C(=O)Nc1ccc(CN2C[C@H]3CC(=O)N(c4cc(C(F)(F)F)cc(C)n4)[C@@H]3C(=O)N(C)c3cccc(C)c32)cc1. The lowest BCUT2D eigenvalue weighted by molar-refractivity contribution is -0.137. The molecule has 12 heteroatoms. The number of rotatable bonds is 7. The largest absolute Gasteiger partial charge is 0.416 e. The van der Waals surface area contributed by atoms with E-state index in [-0.39, 0.29) is 29.7 Å². The van der Waals surface area contributed by atoms with Crippen molar-refractivity contribution in [1.29, 1.82) is 0 Å². The first-order valence-electron chi connectivity index (χ1n) is 15.4. The number of para-hydroxylation sites is 1. The summed E-state index contributed by atoms with van der Waals surface area (Å²) in [4.78, 5) is 51.4. The van der Waals surface area contributed by atoms with Crippen LogP contribution in [0.2, 0.25) is 0 Å². The fourth-order valence-corrected chi connectivity index (χ4v) is 6.41. The molecule has 0 saturated carbocycles. The number of benzene rings is 2. The summed E-state index contributed by atoms with van der Waals surface area (Å²) in [6, 6.07) is 13.9. The molecule has 5 rings (SSSR count). The van der Waals surface area contributed by atoms with E-state index in [2.05, 4.69) is 15.2 Å². The van der Waals surface area contributed by atoms with Crippen molar-refractivity contribution in [1.82, 2.24) is 9.88 Å². The number of hydrogen-bond donors (Lipinski definition) is 1. The van der Waals surface area contributed by atoms with Gasteiger partial charge >= 0.3 is 6.18 Å². The van der Waals surface area contributed by atoms with Crippen LogP contribution in [0.3, 0.4) is 0 Å². The number of anilines is 4. The van der Waals surface area contributed by atoms with E-state index >= 15 is 0 Å². The Hall–Kier alpha value is -4.71. The number of alkyl halides is 3. The smallest absolute Gasteiger partial charge is 0.365 e. The van der Waals surface area contributed by atoms with E-state index in [0.29, 0.717) is 36.6 Å². The lowest BCUT2D eigenvalue weighted by Gasteiger charge is -2.39. The van der Waals surface area contributed by atoms with Gasteiger partial charge in [-0.1, -0.05) is 30.3 Å². The van der Waals surface area contributed by atoms with Crippen LogP contribution in [0, 0.1) is 19.8 Å². The molecule has 1 N–H and O–H groups in total. The molecule has 248 valence electrons. The predicted molar refractivity (Wildman–Crippen MR) is 176 cm³/mol. The zero-order chi connectivity index (χ0) is 34.2. The summed E-state index contributed by atoms with van der Waals surface area (Å²) in [5.74, 6) is -1.72. The van der Waals surface area contributed by atoms with Crippen molar-refractivity contribution in [3.05, 3.63) is 88.6 Å². The monoisotopic (exact) mass is 648 g/mol. The molecule has 1 aromatic heterocycles. The van der Waals surface area contributed by atoms with Gasteiger partial charge in [-0.05, 0) is 76.3 Å². The molecular weight excluding hydrogens is 609 g/mol. The Morgan fingerprint density at radius 2 is 1.79 bits per heavy atom. The number of nitrogens with zero attached hydrogens (tertiary/aromatic N) is 5. The van der Waals surface area contributed by atoms with Gasteiger partial charge in [0.1, 0.15) is 11.9 Å². The van der Waals surface area contributed by atoms with E-state index in [1.54, 1.807) is 13.1 Å². The van der Waals surface area contributed by atoms with Gasteiger partial charge < -0.3 is 20.0 Å². The van der Waals surface area contributed by atoms with Gasteiger partial charge in [-0.15, -0.1) is 0 Å². The third-order valence-corrected chi connectivity index (χ3v) is 8.59. The molecule has 1 fully saturated rings. The molecular formula is C35H39F3N6O3. The van der Waals surface area contributed by atoms with Crippen LogP contribution in [0.1, 0.15) is 35.7 Å². The van der Waals surface area contributed by atoms with Crippen molar-refractivity contribution in [2.24, 2.45) is 5.92 Å². The molecule has 2 atom stereocenters. The van der Waals surface area contributed by atoms with Crippen LogP contribution in [-0.2, 0) is 27.1 Å². The zero-order valence-corrected chi connectivity index (χ0v) is 27.4. The minimum atomic E-state index is -4.64. The van der Waals surface area contributed by atoms with Crippen molar-refractivity contribution in [2.45, 2.75) is 46.0 Å². The highest BCUT2D eigenvalue weighted by Crippen LogP contribution is 2.42. The molecule has 0 spiro atoms. The molecule has 2 aliphatic heterocycles. The number of halogens is 3. The van der Waals surface area contributed by atoms with Crippen LogP contribution in [0.4, 0.5) is 36.1 Å². The number of carbonyl (C=O) groups excluding carboxylic acids is 3. The maximum Gasteiger partial charge on any atom is 0.416 e. The van der Waals surface area contributed by atoms with Crippen molar-refractivity contribution in [3.63, 3.8) is 0 Å². The maximum atomic E-state index is 14.1. The van der Waals surface area contributed by atoms with Gasteiger partial charge in [0.2, 0.25) is 11.8 Å². The number of aryl methyl sites for hydroxylation is 2. The Morgan fingerprint density at radius 1 is 1.09 bits per heavy atom. The first-order valence-corrected chi connectivity index (χ1v) is 15.4. The molecule has 9 nitrogen and oxygen atoms in total. The number of pyridine rings is 1. The number of amides is 3. The molecule has 2 aliphatic rings. The van der Waals surface area contributed by atoms with Crippen molar-refractivity contribution < 1.29 is 27.6 Å². The summed E-state index contributed by atoms with van der Waals surface area (Å²) >= 11 is 0. The van der Waals surface area contributed by atoms with Crippen LogP contribution in [0.5, 0.6) is 0 Å². The lowest BCUT2D eigenvalue weighted by atomic mass is 9.94. The number of carbonyl (C=O) groups is 3. The van der Waals surface area contributed by atoms with Gasteiger partial charge in [-0.3, -0.25) is 19.3 Å². The van der Waals surface area contributed by atoms with E-state index in [9.17, 15) is 27.6 Å². The highest BCUT2D eigenvalue weighted by Gasteiger charge is 2.49. The molecule has 0 bridgehead atoms. The van der Waals surface area contributed by atoms with E-state index in [4.69, 9.17) is 0 Å². The number of hydrogen-bond acceptors (Lipinski definition) is 6. The van der Waals surface area contributed by atoms with Gasteiger partial charge in [0, 0.05) is 56.0 Å². The third-order valence-electron chi connectivity index (χ3n) is 8.59. The first-order chi connectivity index (χ1) is 22.2. The molecule has 0 aliphatic carbocycles. The van der Waals surface area contributed by atoms with Gasteiger partial charge in [0.25, 0.3) is 5.91 Å². The Bertz CT molecular complexity index is 1720. The highest BCUT2D eigenvalue weighted by molar-refractivity contribution is 6.10. The number of allylic oxidation sites excluding steroid dienone is 1. The van der Waals surface area contributed by atoms with Crippen molar-refractivity contribution in [3.8, 4) is 0 Å². The lowest BCUT2D eigenvalue weighted by Crippen LogP contribution is -2.52. The Balaban J connectivity index is 1.47. The molecule has 0 unspecified atom stereocenters. The molecule has 2 aromatic carbocycles. The molecule has 3 aromatic rings. The molecule has 0 radical (unpaired) electrons. The Kier molecular flexibility index (Phi) is 9.44. The summed E-state index contributed by atoms with van der Waals surface area (Å²) < 4.78 is 41.2. The summed E-state index contributed by atoms with van der Waals surface area (Å²) in [6.45, 7) is 6.45. The van der Waals surface area contributed by atoms with Gasteiger partial charge in [0.15, 0.2) is 0 Å². The van der Waals surface area contributed by atoms with Gasteiger partial charge in [0.05, 0.1) is 16.9 Å². The second kappa shape index (κ2) is 13.2. The van der Waals surface area contributed by atoms with E-state index in [1.165, 1.54) is 11.8 Å². The van der Waals surface area contributed by atoms with Crippen LogP contribution < -0.4 is 20.0 Å². The second-order valence-corrected chi connectivity index (χ2v) is 12.4. The normalized spacial score (nSPS) is 18.7. The summed E-state index contributed by atoms with van der Waals surface area (Å²) in [6.07, 6.45) is -2.87. The van der Waals surface area contributed by atoms with E-state index in [0.717, 1.165) is 33.8 Å². The third kappa shape index (κ3) is 7.02. The zero-order valence-electron chi connectivity index (χ0n) is 27.4. The second-order valence-electron chi connectivity index (χ2n) is 12.4. The topological polar surface area (TPSA) is 89.1 Å². The average Bonchev–Trinajstić information content (AvgIpc) is 3.33. The van der Waals surface area contributed by atoms with Crippen LogP contribution in [0.25, 0.3) is 0 Å². The standard InChI is InChI=1S/C35H39F3N6O3/c1-7-24(19-41(4)5)33(46)40-27-13-11-23(12-14-27)18-43-20-25-16-30(45)44(29-17-26(35(36,37)38)15-22(3)39-29)32(25)34(47)42(6)28-10-8-9-21(2)31(28)43/h7-15,17,25,32H,16,18-20H2,1-6H3,(H,40,46)/b24-7+/t25-,32+/m1/s1. The number of aromatic nitrogens is 1. The number of likely N-dealkylation sites (N-methyl/N-ethyl adjacent to an activating group) is 2. The maximum absolute atomic E-state index is 14.1. The number of fused-ring (bicyclic) bond motifs is 2. The fraction of sp³-hybridized carbons (Fsp3) is 0.371. The fourth-order valence-electron chi connectivity index (χ4n) is 6.41. The average molecular weight is 649 g/mol. The predicted octanol–water partition coefficient (Wildman–Crippen LogP) is 5.57. The summed E-state index contributed by atoms with van der Waals surface area (Å²) in [5.41, 5.74) is 3.79. The molecule has 3 amide bonds. The highest BCUT2D eigenvalue weighted by atomic mass is 19.4. The van der Waals surface area contributed by atoms with Crippen LogP contribution >= 0.6 is 0 Å². The molecule has 3 heterocycles. The number of nitrogens with one attached hydrogen (secondary N) is 1.